The van der Waals surface area contributed by atoms with Gasteiger partial charge < -0.3 is 24.7 Å². The van der Waals surface area contributed by atoms with E-state index in [-0.39, 0.29) is 29.7 Å². The first-order valence-electron chi connectivity index (χ1n) is 11.8. The van der Waals surface area contributed by atoms with Crippen LogP contribution in [0.4, 0.5) is 0 Å². The van der Waals surface area contributed by atoms with E-state index >= 15 is 0 Å². The van der Waals surface area contributed by atoms with Crippen molar-refractivity contribution in [2.24, 2.45) is 5.92 Å². The number of carbonyl (C=O) groups is 1. The molecule has 2 bridgehead atoms. The zero-order valence-electron chi connectivity index (χ0n) is 19.5. The first-order valence-corrected chi connectivity index (χ1v) is 13.5. The molecule has 1 spiro atoms. The van der Waals surface area contributed by atoms with Crippen LogP contribution in [0.15, 0.2) is 34.1 Å². The predicted molar refractivity (Wildman–Crippen MR) is 135 cm³/mol. The van der Waals surface area contributed by atoms with Gasteiger partial charge in [0, 0.05) is 39.5 Å². The molecule has 1 saturated carbocycles. The van der Waals surface area contributed by atoms with E-state index in [9.17, 15) is 15.0 Å². The number of ether oxygens (including phenoxy) is 1. The second kappa shape index (κ2) is 7.56. The van der Waals surface area contributed by atoms with Crippen LogP contribution >= 0.6 is 27.3 Å². The van der Waals surface area contributed by atoms with Crippen molar-refractivity contribution in [1.29, 1.82) is 0 Å². The van der Waals surface area contributed by atoms with Gasteiger partial charge in [-0.3, -0.25) is 4.79 Å². The highest BCUT2D eigenvalue weighted by atomic mass is 79.9. The monoisotopic (exact) mass is 544 g/mol. The smallest absolute Gasteiger partial charge is 0.246 e. The van der Waals surface area contributed by atoms with E-state index in [4.69, 9.17) is 4.74 Å². The Morgan fingerprint density at radius 2 is 2.21 bits per heavy atom. The van der Waals surface area contributed by atoms with E-state index in [1.807, 2.05) is 30.6 Å². The second-order valence-electron chi connectivity index (χ2n) is 10.5. The number of phenols is 1. The number of likely N-dealkylation sites (tertiary alicyclic amines) is 1. The van der Waals surface area contributed by atoms with Gasteiger partial charge in [-0.15, -0.1) is 11.3 Å². The van der Waals surface area contributed by atoms with E-state index in [0.717, 1.165) is 39.9 Å². The van der Waals surface area contributed by atoms with Crippen molar-refractivity contribution in [2.45, 2.75) is 55.4 Å². The number of nitrogens with zero attached hydrogens (tertiary/aromatic N) is 2. The minimum absolute atomic E-state index is 0.0167. The van der Waals surface area contributed by atoms with E-state index in [2.05, 4.69) is 34.8 Å². The Balaban J connectivity index is 1.43. The fourth-order valence-corrected chi connectivity index (χ4v) is 8.76. The maximum absolute atomic E-state index is 13.3. The molecular weight excluding hydrogens is 516 g/mol. The molecule has 2 aliphatic carbocycles. The molecular formula is C26H29BrN2O4S. The highest BCUT2D eigenvalue weighted by Crippen LogP contribution is 2.66. The summed E-state index contributed by atoms with van der Waals surface area (Å²) in [4.78, 5) is 18.4. The predicted octanol–water partition coefficient (Wildman–Crippen LogP) is 3.79. The summed E-state index contributed by atoms with van der Waals surface area (Å²) in [5, 5.41) is 25.1. The summed E-state index contributed by atoms with van der Waals surface area (Å²) < 4.78 is 7.58. The average molecular weight is 545 g/mol. The van der Waals surface area contributed by atoms with Crippen molar-refractivity contribution in [2.75, 3.05) is 20.6 Å². The molecule has 1 saturated heterocycles. The van der Waals surface area contributed by atoms with Gasteiger partial charge in [0.05, 0.1) is 17.1 Å². The van der Waals surface area contributed by atoms with Crippen LogP contribution < -0.4 is 4.74 Å². The molecule has 6 rings (SSSR count). The third kappa shape index (κ3) is 2.83. The number of likely N-dealkylation sites (N-methyl/N-ethyl adjacent to an activating group) is 2. The fourth-order valence-electron chi connectivity index (χ4n) is 7.42. The molecule has 1 amide bonds. The first kappa shape index (κ1) is 22.6. The van der Waals surface area contributed by atoms with Gasteiger partial charge in [0.25, 0.3) is 0 Å². The number of piperidine rings is 1. The van der Waals surface area contributed by atoms with Gasteiger partial charge in [0.15, 0.2) is 11.5 Å². The van der Waals surface area contributed by atoms with Crippen molar-refractivity contribution in [3.8, 4) is 11.5 Å². The van der Waals surface area contributed by atoms with Gasteiger partial charge in [0.2, 0.25) is 5.91 Å². The molecule has 6 atom stereocenters. The van der Waals surface area contributed by atoms with Crippen LogP contribution in [-0.2, 0) is 16.6 Å². The lowest BCUT2D eigenvalue weighted by Gasteiger charge is -2.65. The van der Waals surface area contributed by atoms with Crippen LogP contribution in [0.2, 0.25) is 0 Å². The van der Waals surface area contributed by atoms with Gasteiger partial charge in [0.1, 0.15) is 6.10 Å². The van der Waals surface area contributed by atoms with Crippen molar-refractivity contribution < 1.29 is 19.7 Å². The number of carbonyl (C=O) groups excluding carboxylic acids is 1. The lowest BCUT2D eigenvalue weighted by atomic mass is 9.47. The summed E-state index contributed by atoms with van der Waals surface area (Å²) in [7, 11) is 3.92. The Morgan fingerprint density at radius 3 is 2.94 bits per heavy atom. The molecule has 2 fully saturated rings. The average Bonchev–Trinajstić information content (AvgIpc) is 3.36. The van der Waals surface area contributed by atoms with Crippen molar-refractivity contribution in [3.05, 3.63) is 50.1 Å². The molecule has 2 N–H and O–H groups in total. The molecule has 8 heteroatoms. The number of thiophene rings is 1. The minimum atomic E-state index is -0.977. The van der Waals surface area contributed by atoms with Crippen LogP contribution in [0, 0.1) is 5.92 Å². The summed E-state index contributed by atoms with van der Waals surface area (Å²) in [5.74, 6) is 0.550. The molecule has 0 radical (unpaired) electrons. The molecule has 3 unspecified atom stereocenters. The summed E-state index contributed by atoms with van der Waals surface area (Å²) in [6.45, 7) is 2.95. The highest BCUT2D eigenvalue weighted by molar-refractivity contribution is 9.10. The van der Waals surface area contributed by atoms with Crippen molar-refractivity contribution >= 4 is 39.2 Å². The third-order valence-corrected chi connectivity index (χ3v) is 10.5. The molecule has 1 aromatic heterocycles. The molecule has 4 aliphatic rings. The maximum Gasteiger partial charge on any atom is 0.246 e. The number of amides is 1. The Kier molecular flexibility index (Phi) is 5.02. The van der Waals surface area contributed by atoms with Gasteiger partial charge >= 0.3 is 0 Å². The Hall–Kier alpha value is -1.87. The van der Waals surface area contributed by atoms with E-state index in [0.29, 0.717) is 12.2 Å². The quantitative estimate of drug-likeness (QED) is 0.575. The normalized spacial score (nSPS) is 35.8. The summed E-state index contributed by atoms with van der Waals surface area (Å²) in [6.07, 6.45) is 5.09. The third-order valence-electron chi connectivity index (χ3n) is 8.83. The van der Waals surface area contributed by atoms with Crippen LogP contribution in [-0.4, -0.2) is 70.3 Å². The van der Waals surface area contributed by atoms with Gasteiger partial charge in [-0.2, -0.15) is 0 Å². The van der Waals surface area contributed by atoms with Crippen LogP contribution in [0.3, 0.4) is 0 Å². The number of benzene rings is 1. The van der Waals surface area contributed by atoms with E-state index in [1.165, 1.54) is 0 Å². The zero-order chi connectivity index (χ0) is 24.0. The standard InChI is InChI=1S/C26H29BrN2O4S/c1-14-12-26(32)19-10-15-4-6-18(30)23-21(15)25(26,8-9-28(19)2)24(33-23)22(14)29(3)20(31)7-5-17-11-16(27)13-34-17/h4-7,11,13-14,19,22,24,30,32H,8-10,12H2,1-3H3/b7-5+/t14?,19-,22?,24?,25+,26-/m1/s1. The number of phenolic OH excluding ortho intramolecular Hbond substituents is 1. The minimum Gasteiger partial charge on any atom is -0.504 e. The molecule has 1 aromatic carbocycles. The second-order valence-corrected chi connectivity index (χ2v) is 12.3. The van der Waals surface area contributed by atoms with Crippen molar-refractivity contribution in [3.63, 3.8) is 0 Å². The number of rotatable bonds is 3. The van der Waals surface area contributed by atoms with Crippen LogP contribution in [0.25, 0.3) is 6.08 Å². The van der Waals surface area contributed by atoms with Crippen molar-refractivity contribution in [1.82, 2.24) is 9.80 Å². The zero-order valence-corrected chi connectivity index (χ0v) is 21.9. The van der Waals surface area contributed by atoms with Gasteiger partial charge in [-0.05, 0) is 78.5 Å². The molecule has 6 nitrogen and oxygen atoms in total. The van der Waals surface area contributed by atoms with E-state index < -0.39 is 17.1 Å². The SMILES string of the molecule is CC1C[C@@]2(O)[C@H]3Cc4ccc(O)c5c4[C@@]2(CCN3C)C(O5)C1N(C)C(=O)/C=C/c1cc(Br)cs1. The molecule has 3 heterocycles. The Morgan fingerprint density at radius 1 is 1.41 bits per heavy atom. The molecule has 2 aliphatic heterocycles. The summed E-state index contributed by atoms with van der Waals surface area (Å²) in [5.41, 5.74) is 0.498. The molecule has 34 heavy (non-hydrogen) atoms. The largest absolute Gasteiger partial charge is 0.504 e. The number of aliphatic hydroxyl groups is 1. The lowest BCUT2D eigenvalue weighted by Crippen LogP contribution is -2.79. The van der Waals surface area contributed by atoms with Crippen LogP contribution in [0.5, 0.6) is 11.5 Å². The van der Waals surface area contributed by atoms with E-state index in [1.54, 1.807) is 28.4 Å². The van der Waals surface area contributed by atoms with Gasteiger partial charge in [-0.1, -0.05) is 13.0 Å². The number of hydrogen-bond donors (Lipinski definition) is 2. The maximum atomic E-state index is 13.3. The number of hydrogen-bond acceptors (Lipinski definition) is 6. The Labute approximate surface area is 212 Å². The Bertz CT molecular complexity index is 1210. The number of halogens is 1. The highest BCUT2D eigenvalue weighted by Gasteiger charge is 2.74. The molecule has 2 aromatic rings. The first-order chi connectivity index (χ1) is 16.2. The topological polar surface area (TPSA) is 73.2 Å². The van der Waals surface area contributed by atoms with Gasteiger partial charge in [-0.25, -0.2) is 0 Å². The summed E-state index contributed by atoms with van der Waals surface area (Å²) >= 11 is 5.03. The van der Waals surface area contributed by atoms with Crippen LogP contribution in [0.1, 0.15) is 35.8 Å². The fraction of sp³-hybridized carbons (Fsp3) is 0.500. The number of aromatic hydroxyl groups is 1. The molecule has 180 valence electrons. The lowest BCUT2D eigenvalue weighted by molar-refractivity contribution is -0.208. The summed E-state index contributed by atoms with van der Waals surface area (Å²) in [6, 6.07) is 5.43.